The first kappa shape index (κ1) is 16.9. The first-order valence-corrected chi connectivity index (χ1v) is 8.03. The molecule has 22 heavy (non-hydrogen) atoms. The van der Waals surface area contributed by atoms with Crippen LogP contribution in [0.2, 0.25) is 5.02 Å². The Morgan fingerprint density at radius 2 is 2.18 bits per heavy atom. The second-order valence-electron chi connectivity index (χ2n) is 5.56. The molecule has 2 amide bonds. The van der Waals surface area contributed by atoms with E-state index in [4.69, 9.17) is 21.1 Å². The van der Waals surface area contributed by atoms with Crippen LogP contribution < -0.4 is 15.4 Å². The van der Waals surface area contributed by atoms with E-state index < -0.39 is 0 Å². The monoisotopic (exact) mass is 326 g/mol. The molecule has 1 saturated heterocycles. The van der Waals surface area contributed by atoms with Crippen LogP contribution in [0.5, 0.6) is 5.75 Å². The number of hydrogen-bond acceptors (Lipinski definition) is 3. The molecular weight excluding hydrogens is 304 g/mol. The number of rotatable bonds is 6. The van der Waals surface area contributed by atoms with Crippen molar-refractivity contribution in [2.75, 3.05) is 26.3 Å². The van der Waals surface area contributed by atoms with Gasteiger partial charge < -0.3 is 20.1 Å². The van der Waals surface area contributed by atoms with Gasteiger partial charge in [-0.3, -0.25) is 0 Å². The van der Waals surface area contributed by atoms with E-state index in [2.05, 4.69) is 10.6 Å². The Hall–Kier alpha value is -1.46. The highest BCUT2D eigenvalue weighted by atomic mass is 35.5. The summed E-state index contributed by atoms with van der Waals surface area (Å²) in [6.07, 6.45) is 2.06. The molecule has 1 aromatic rings. The molecule has 1 aliphatic heterocycles. The molecule has 6 heteroatoms. The van der Waals surface area contributed by atoms with Gasteiger partial charge in [-0.25, -0.2) is 4.79 Å². The molecule has 0 aromatic heterocycles. The van der Waals surface area contributed by atoms with E-state index in [-0.39, 0.29) is 12.1 Å². The molecule has 0 aliphatic carbocycles. The van der Waals surface area contributed by atoms with Gasteiger partial charge in [0.05, 0.1) is 13.2 Å². The Morgan fingerprint density at radius 3 is 2.86 bits per heavy atom. The molecule has 0 spiro atoms. The van der Waals surface area contributed by atoms with Crippen molar-refractivity contribution in [3.05, 3.63) is 29.3 Å². The lowest BCUT2D eigenvalue weighted by Crippen LogP contribution is -2.43. The summed E-state index contributed by atoms with van der Waals surface area (Å²) < 4.78 is 11.1. The molecule has 5 nitrogen and oxygen atoms in total. The molecule has 0 saturated carbocycles. The number of benzene rings is 1. The summed E-state index contributed by atoms with van der Waals surface area (Å²) in [6.45, 7) is 4.57. The second-order valence-corrected chi connectivity index (χ2v) is 5.99. The molecule has 122 valence electrons. The number of halogens is 1. The van der Waals surface area contributed by atoms with Gasteiger partial charge in [0, 0.05) is 18.2 Å². The van der Waals surface area contributed by atoms with Gasteiger partial charge in [0.15, 0.2) is 0 Å². The molecule has 2 atom stereocenters. The van der Waals surface area contributed by atoms with E-state index in [0.717, 1.165) is 31.8 Å². The lowest BCUT2D eigenvalue weighted by Gasteiger charge is -2.22. The van der Waals surface area contributed by atoms with Crippen LogP contribution in [0.1, 0.15) is 19.8 Å². The molecule has 2 rings (SSSR count). The number of carbonyl (C=O) groups excluding carboxylic acids is 1. The van der Waals surface area contributed by atoms with Gasteiger partial charge in [-0.2, -0.15) is 0 Å². The number of nitrogens with one attached hydrogen (secondary N) is 2. The van der Waals surface area contributed by atoms with Crippen molar-refractivity contribution in [3.63, 3.8) is 0 Å². The van der Waals surface area contributed by atoms with Crippen LogP contribution in [0.3, 0.4) is 0 Å². The first-order valence-electron chi connectivity index (χ1n) is 7.65. The highest BCUT2D eigenvalue weighted by Crippen LogP contribution is 2.16. The molecule has 0 unspecified atom stereocenters. The third kappa shape index (κ3) is 6.12. The number of ether oxygens (including phenoxy) is 2. The normalized spacial score (nSPS) is 19.3. The van der Waals surface area contributed by atoms with Crippen LogP contribution in [0.25, 0.3) is 0 Å². The molecule has 0 bridgehead atoms. The predicted molar refractivity (Wildman–Crippen MR) is 86.5 cm³/mol. The lowest BCUT2D eigenvalue weighted by molar-refractivity contribution is 0.0557. The number of amides is 2. The van der Waals surface area contributed by atoms with Crippen molar-refractivity contribution in [1.29, 1.82) is 0 Å². The number of carbonyl (C=O) groups is 1. The fourth-order valence-electron chi connectivity index (χ4n) is 2.29. The summed E-state index contributed by atoms with van der Waals surface area (Å²) in [6, 6.07) is 6.99. The summed E-state index contributed by atoms with van der Waals surface area (Å²) >= 11 is 5.82. The summed E-state index contributed by atoms with van der Waals surface area (Å²) in [5.41, 5.74) is 0. The van der Waals surface area contributed by atoms with Crippen LogP contribution >= 0.6 is 11.6 Å². The fourth-order valence-corrected chi connectivity index (χ4v) is 2.42. The van der Waals surface area contributed by atoms with Crippen molar-refractivity contribution in [1.82, 2.24) is 10.6 Å². The Labute approximate surface area is 136 Å². The van der Waals surface area contributed by atoms with E-state index in [1.807, 2.05) is 19.1 Å². The number of urea groups is 1. The fraction of sp³-hybridized carbons (Fsp3) is 0.562. The molecule has 1 fully saturated rings. The zero-order valence-corrected chi connectivity index (χ0v) is 13.6. The second kappa shape index (κ2) is 8.86. The highest BCUT2D eigenvalue weighted by molar-refractivity contribution is 6.30. The molecule has 1 aromatic carbocycles. The maximum absolute atomic E-state index is 11.8. The van der Waals surface area contributed by atoms with Gasteiger partial charge in [-0.1, -0.05) is 11.6 Å². The quantitative estimate of drug-likeness (QED) is 0.845. The van der Waals surface area contributed by atoms with E-state index in [0.29, 0.717) is 24.0 Å². The largest absolute Gasteiger partial charge is 0.489 e. The summed E-state index contributed by atoms with van der Waals surface area (Å²) in [5.74, 6) is 1.15. The van der Waals surface area contributed by atoms with Crippen LogP contribution in [0, 0.1) is 5.92 Å². The Kier molecular flexibility index (Phi) is 6.80. The lowest BCUT2D eigenvalue weighted by atomic mass is 10.0. The SMILES string of the molecule is C[C@@H](CNC(=O)NC[C@@H]1CCCOC1)Oc1ccc(Cl)cc1. The van der Waals surface area contributed by atoms with Crippen molar-refractivity contribution in [3.8, 4) is 5.75 Å². The van der Waals surface area contributed by atoms with Crippen molar-refractivity contribution >= 4 is 17.6 Å². The van der Waals surface area contributed by atoms with Gasteiger partial charge in [0.2, 0.25) is 0 Å². The van der Waals surface area contributed by atoms with Crippen molar-refractivity contribution in [2.45, 2.75) is 25.9 Å². The topological polar surface area (TPSA) is 59.6 Å². The van der Waals surface area contributed by atoms with Gasteiger partial charge in [0.1, 0.15) is 11.9 Å². The molecule has 0 radical (unpaired) electrons. The third-order valence-electron chi connectivity index (χ3n) is 3.51. The van der Waals surface area contributed by atoms with Gasteiger partial charge >= 0.3 is 6.03 Å². The summed E-state index contributed by atoms with van der Waals surface area (Å²) in [5, 5.41) is 6.36. The maximum atomic E-state index is 11.8. The number of hydrogen-bond donors (Lipinski definition) is 2. The molecule has 1 aliphatic rings. The van der Waals surface area contributed by atoms with E-state index in [9.17, 15) is 4.79 Å². The minimum absolute atomic E-state index is 0.120. The van der Waals surface area contributed by atoms with Crippen molar-refractivity contribution < 1.29 is 14.3 Å². The van der Waals surface area contributed by atoms with Gasteiger partial charge in [0.25, 0.3) is 0 Å². The standard InChI is InChI=1S/C16H23ClN2O3/c1-12(22-15-6-4-14(17)5-7-15)9-18-16(20)19-10-13-3-2-8-21-11-13/h4-7,12-13H,2-3,8-11H2,1H3,(H2,18,19,20)/t12-,13-/m0/s1. The van der Waals surface area contributed by atoms with E-state index >= 15 is 0 Å². The average Bonchev–Trinajstić information content (AvgIpc) is 2.54. The minimum atomic E-state index is -0.169. The Balaban J connectivity index is 1.61. The minimum Gasteiger partial charge on any atom is -0.489 e. The average molecular weight is 327 g/mol. The van der Waals surface area contributed by atoms with E-state index in [1.54, 1.807) is 12.1 Å². The Morgan fingerprint density at radius 1 is 1.41 bits per heavy atom. The van der Waals surface area contributed by atoms with Gasteiger partial charge in [-0.05, 0) is 49.9 Å². The summed E-state index contributed by atoms with van der Waals surface area (Å²) in [7, 11) is 0. The summed E-state index contributed by atoms with van der Waals surface area (Å²) in [4.78, 5) is 11.8. The first-order chi connectivity index (χ1) is 10.6. The molecule has 2 N–H and O–H groups in total. The smallest absolute Gasteiger partial charge is 0.314 e. The zero-order chi connectivity index (χ0) is 15.8. The molecular formula is C16H23ClN2O3. The van der Waals surface area contributed by atoms with Crippen molar-refractivity contribution in [2.24, 2.45) is 5.92 Å². The van der Waals surface area contributed by atoms with Crippen LogP contribution in [-0.2, 0) is 4.74 Å². The molecule has 1 heterocycles. The van der Waals surface area contributed by atoms with Crippen LogP contribution in [-0.4, -0.2) is 38.4 Å². The predicted octanol–water partition coefficient (Wildman–Crippen LogP) is 2.83. The maximum Gasteiger partial charge on any atom is 0.314 e. The zero-order valence-electron chi connectivity index (χ0n) is 12.8. The highest BCUT2D eigenvalue weighted by Gasteiger charge is 2.15. The van der Waals surface area contributed by atoms with Crippen LogP contribution in [0.4, 0.5) is 4.79 Å². The van der Waals surface area contributed by atoms with E-state index in [1.165, 1.54) is 0 Å². The third-order valence-corrected chi connectivity index (χ3v) is 3.76. The van der Waals surface area contributed by atoms with Gasteiger partial charge in [-0.15, -0.1) is 0 Å². The Bertz CT molecular complexity index is 461. The van der Waals surface area contributed by atoms with Crippen LogP contribution in [0.15, 0.2) is 24.3 Å².